The zero-order valence-corrected chi connectivity index (χ0v) is 14.8. The fraction of sp³-hybridized carbons (Fsp3) is 0.167. The number of benzene rings is 2. The molecule has 1 aliphatic carbocycles. The molecule has 2 aromatic carbocycles. The zero-order valence-electron chi connectivity index (χ0n) is 12.7. The van der Waals surface area contributed by atoms with Crippen LogP contribution in [0.1, 0.15) is 11.1 Å². The van der Waals surface area contributed by atoms with Crippen molar-refractivity contribution < 1.29 is 12.6 Å². The number of halogens is 1. The molecule has 1 aliphatic rings. The summed E-state index contributed by atoms with van der Waals surface area (Å²) >= 11 is 1.78. The molecule has 0 unspecified atom stereocenters. The molecule has 0 fully saturated rings. The van der Waals surface area contributed by atoms with Gasteiger partial charge < -0.3 is 12.6 Å². The summed E-state index contributed by atoms with van der Waals surface area (Å²) in [6.07, 6.45) is 3.87. The van der Waals surface area contributed by atoms with Crippen molar-refractivity contribution in [1.29, 1.82) is 0 Å². The Morgan fingerprint density at radius 1 is 0.957 bits per heavy atom. The van der Waals surface area contributed by atoms with Gasteiger partial charge in [-0.2, -0.15) is 0 Å². The van der Waals surface area contributed by atoms with E-state index >= 15 is 0 Å². The fourth-order valence-corrected chi connectivity index (χ4v) is 2.82. The van der Waals surface area contributed by atoms with Gasteiger partial charge in [-0.25, -0.2) is 0 Å². The van der Waals surface area contributed by atoms with E-state index in [0.29, 0.717) is 13.2 Å². The van der Waals surface area contributed by atoms with Crippen molar-refractivity contribution in [2.24, 2.45) is 5.16 Å². The van der Waals surface area contributed by atoms with Crippen LogP contribution in [0.4, 0.5) is 0 Å². The second kappa shape index (κ2) is 7.61. The van der Waals surface area contributed by atoms with Gasteiger partial charge in [0.2, 0.25) is 23.0 Å². The third-order valence-corrected chi connectivity index (χ3v) is 3.82. The van der Waals surface area contributed by atoms with Crippen molar-refractivity contribution in [3.8, 4) is 16.9 Å². The van der Waals surface area contributed by atoms with Gasteiger partial charge in [0.15, 0.2) is 0 Å². The number of fused-ring (bicyclic) bond motifs is 3. The lowest BCUT2D eigenvalue weighted by molar-refractivity contribution is 0.233. The van der Waals surface area contributed by atoms with Crippen LogP contribution in [0.2, 0.25) is 0 Å². The molecule has 4 nitrogen and oxygen atoms in total. The maximum Gasteiger partial charge on any atom is 0.230 e. The standard InChI is InChI=1S/C18H16INO3/c1-21-10-4-5-11-22-13-8-9-15-14-6-2-3-7-16(14)18(20-23-19)17(15)12-13/h2-9,12H,10-11H2,1H3/b5-4-,20-18+. The van der Waals surface area contributed by atoms with Crippen LogP contribution in [0.25, 0.3) is 11.1 Å². The summed E-state index contributed by atoms with van der Waals surface area (Å²) in [6.45, 7) is 1.09. The predicted octanol–water partition coefficient (Wildman–Crippen LogP) is 4.37. The van der Waals surface area contributed by atoms with Crippen LogP contribution in [-0.4, -0.2) is 26.0 Å². The second-order valence-electron chi connectivity index (χ2n) is 5.00. The molecule has 0 aliphatic heterocycles. The summed E-state index contributed by atoms with van der Waals surface area (Å²) in [5.41, 5.74) is 5.26. The van der Waals surface area contributed by atoms with Gasteiger partial charge in [-0.15, -0.1) is 0 Å². The van der Waals surface area contributed by atoms with Crippen molar-refractivity contribution in [2.45, 2.75) is 0 Å². The van der Waals surface area contributed by atoms with Gasteiger partial charge >= 0.3 is 0 Å². The Bertz CT molecular complexity index is 756. The molecular formula is C18H16INO3. The Hall–Kier alpha value is -1.86. The largest absolute Gasteiger partial charge is 0.490 e. The lowest BCUT2D eigenvalue weighted by atomic mass is 10.1. The highest BCUT2D eigenvalue weighted by molar-refractivity contribution is 14.1. The minimum absolute atomic E-state index is 0.504. The second-order valence-corrected chi connectivity index (χ2v) is 5.39. The van der Waals surface area contributed by atoms with Crippen LogP contribution in [0.15, 0.2) is 59.8 Å². The van der Waals surface area contributed by atoms with Gasteiger partial charge in [0.1, 0.15) is 18.1 Å². The van der Waals surface area contributed by atoms with E-state index in [9.17, 15) is 0 Å². The highest BCUT2D eigenvalue weighted by Gasteiger charge is 2.25. The Labute approximate surface area is 149 Å². The molecular weight excluding hydrogens is 405 g/mol. The topological polar surface area (TPSA) is 40.0 Å². The number of hydrogen-bond acceptors (Lipinski definition) is 4. The van der Waals surface area contributed by atoms with Gasteiger partial charge in [-0.05, 0) is 35.4 Å². The quantitative estimate of drug-likeness (QED) is 0.337. The average Bonchev–Trinajstić information content (AvgIpc) is 2.89. The summed E-state index contributed by atoms with van der Waals surface area (Å²) < 4.78 is 15.7. The minimum atomic E-state index is 0.504. The first-order chi connectivity index (χ1) is 11.3. The summed E-state index contributed by atoms with van der Waals surface area (Å²) in [5.74, 6) is 0.805. The molecule has 0 bridgehead atoms. The van der Waals surface area contributed by atoms with E-state index in [1.54, 1.807) is 30.1 Å². The van der Waals surface area contributed by atoms with Crippen LogP contribution in [-0.2, 0) is 7.90 Å². The maximum absolute atomic E-state index is 5.76. The number of methoxy groups -OCH3 is 1. The van der Waals surface area contributed by atoms with Crippen LogP contribution in [0.3, 0.4) is 0 Å². The van der Waals surface area contributed by atoms with Gasteiger partial charge in [0.05, 0.1) is 6.61 Å². The maximum atomic E-state index is 5.76. The Morgan fingerprint density at radius 3 is 2.48 bits per heavy atom. The number of ether oxygens (including phenoxy) is 2. The van der Waals surface area contributed by atoms with Crippen molar-refractivity contribution >= 4 is 28.7 Å². The van der Waals surface area contributed by atoms with Crippen molar-refractivity contribution in [2.75, 3.05) is 20.3 Å². The first kappa shape index (κ1) is 16.0. The molecule has 0 radical (unpaired) electrons. The summed E-state index contributed by atoms with van der Waals surface area (Å²) in [7, 11) is 1.67. The molecule has 0 amide bonds. The third kappa shape index (κ3) is 3.40. The third-order valence-electron chi connectivity index (χ3n) is 3.62. The van der Waals surface area contributed by atoms with Gasteiger partial charge in [-0.1, -0.05) is 35.5 Å². The van der Waals surface area contributed by atoms with Crippen LogP contribution in [0.5, 0.6) is 5.75 Å². The number of oxime groups is 1. The van der Waals surface area contributed by atoms with Crippen molar-refractivity contribution in [3.63, 3.8) is 0 Å². The van der Waals surface area contributed by atoms with Crippen molar-refractivity contribution in [1.82, 2.24) is 0 Å². The lowest BCUT2D eigenvalue weighted by Crippen LogP contribution is -2.00. The summed E-state index contributed by atoms with van der Waals surface area (Å²) in [5, 5.41) is 4.19. The zero-order chi connectivity index (χ0) is 16.1. The number of hydrogen-bond donors (Lipinski definition) is 0. The monoisotopic (exact) mass is 421 g/mol. The number of nitrogens with zero attached hydrogens (tertiary/aromatic N) is 1. The molecule has 0 saturated carbocycles. The SMILES string of the molecule is COC/C=C\COc1ccc2c(c1)/C(=N/OI)c1ccccc1-2. The molecule has 2 aromatic rings. The molecule has 0 atom stereocenters. The molecule has 118 valence electrons. The molecule has 3 rings (SSSR count). The Morgan fingerprint density at radius 2 is 1.70 bits per heavy atom. The van der Waals surface area contributed by atoms with Crippen LogP contribution < -0.4 is 4.74 Å². The lowest BCUT2D eigenvalue weighted by Gasteiger charge is -2.06. The minimum Gasteiger partial charge on any atom is -0.490 e. The normalized spacial score (nSPS) is 14.1. The van der Waals surface area contributed by atoms with Crippen LogP contribution in [0, 0.1) is 0 Å². The molecule has 0 N–H and O–H groups in total. The molecule has 23 heavy (non-hydrogen) atoms. The van der Waals surface area contributed by atoms with E-state index in [1.165, 1.54) is 5.56 Å². The fourth-order valence-electron chi connectivity index (χ4n) is 2.62. The van der Waals surface area contributed by atoms with Gasteiger partial charge in [-0.3, -0.25) is 0 Å². The number of rotatable bonds is 6. The summed E-state index contributed by atoms with van der Waals surface area (Å²) in [6, 6.07) is 14.2. The van der Waals surface area contributed by atoms with Crippen LogP contribution >= 0.6 is 23.0 Å². The van der Waals surface area contributed by atoms with E-state index in [-0.39, 0.29) is 0 Å². The highest BCUT2D eigenvalue weighted by Crippen LogP contribution is 2.38. The molecule has 0 spiro atoms. The van der Waals surface area contributed by atoms with E-state index in [1.807, 2.05) is 36.4 Å². The molecule has 0 saturated heterocycles. The molecule has 0 heterocycles. The summed E-state index contributed by atoms with van der Waals surface area (Å²) in [4.78, 5) is 0. The Kier molecular flexibility index (Phi) is 5.30. The smallest absolute Gasteiger partial charge is 0.230 e. The molecule has 5 heteroatoms. The van der Waals surface area contributed by atoms with E-state index in [4.69, 9.17) is 12.6 Å². The molecule has 0 aromatic heterocycles. The van der Waals surface area contributed by atoms with Gasteiger partial charge in [0, 0.05) is 18.2 Å². The highest BCUT2D eigenvalue weighted by atomic mass is 127. The Balaban J connectivity index is 1.87. The van der Waals surface area contributed by atoms with E-state index in [0.717, 1.165) is 28.2 Å². The van der Waals surface area contributed by atoms with E-state index in [2.05, 4.69) is 23.4 Å². The first-order valence-electron chi connectivity index (χ1n) is 7.22. The average molecular weight is 421 g/mol. The predicted molar refractivity (Wildman–Crippen MR) is 99.1 cm³/mol. The van der Waals surface area contributed by atoms with E-state index < -0.39 is 0 Å². The van der Waals surface area contributed by atoms with Gasteiger partial charge in [0.25, 0.3) is 0 Å². The first-order valence-corrected chi connectivity index (χ1v) is 8.10. The van der Waals surface area contributed by atoms with Crippen molar-refractivity contribution in [3.05, 3.63) is 65.7 Å².